The van der Waals surface area contributed by atoms with Gasteiger partial charge >= 0.3 is 0 Å². The van der Waals surface area contributed by atoms with Crippen molar-refractivity contribution in [3.05, 3.63) is 39.1 Å². The zero-order chi connectivity index (χ0) is 14.6. The van der Waals surface area contributed by atoms with Crippen LogP contribution in [0.3, 0.4) is 0 Å². The first-order chi connectivity index (χ1) is 9.51. The first kappa shape index (κ1) is 15.4. The number of pyridine rings is 1. The van der Waals surface area contributed by atoms with E-state index < -0.39 is 10.0 Å². The highest BCUT2D eigenvalue weighted by Crippen LogP contribution is 2.22. The minimum Gasteiger partial charge on any atom is -0.308 e. The second-order valence-corrected chi connectivity index (χ2v) is 8.19. The molecule has 0 spiro atoms. The fourth-order valence-electron chi connectivity index (χ4n) is 1.50. The van der Waals surface area contributed by atoms with E-state index in [2.05, 4.69) is 31.1 Å². The predicted molar refractivity (Wildman–Crippen MR) is 83.0 cm³/mol. The third-order valence-electron chi connectivity index (χ3n) is 2.49. The Hall–Kier alpha value is -1.00. The van der Waals surface area contributed by atoms with Gasteiger partial charge in [-0.2, -0.15) is 0 Å². The summed E-state index contributed by atoms with van der Waals surface area (Å²) >= 11 is 4.96. The van der Waals surface area contributed by atoms with E-state index in [0.717, 1.165) is 8.66 Å². The normalized spacial score (nSPS) is 11.5. The van der Waals surface area contributed by atoms with Crippen molar-refractivity contribution in [1.82, 2.24) is 9.71 Å². The highest BCUT2D eigenvalue weighted by Gasteiger charge is 2.13. The van der Waals surface area contributed by atoms with E-state index in [0.29, 0.717) is 18.8 Å². The van der Waals surface area contributed by atoms with Gasteiger partial charge in [0.25, 0.3) is 0 Å². The lowest BCUT2D eigenvalue weighted by atomic mass is 10.3. The van der Waals surface area contributed by atoms with Gasteiger partial charge in [-0.15, -0.1) is 11.3 Å². The van der Waals surface area contributed by atoms with Crippen LogP contribution in [0.25, 0.3) is 0 Å². The Balaban J connectivity index is 1.96. The molecule has 4 N–H and O–H groups in total. The van der Waals surface area contributed by atoms with Crippen molar-refractivity contribution in [2.45, 2.75) is 11.3 Å². The molecule has 2 heterocycles. The summed E-state index contributed by atoms with van der Waals surface area (Å²) in [4.78, 5) is 5.10. The van der Waals surface area contributed by atoms with Crippen LogP contribution < -0.4 is 16.0 Å². The van der Waals surface area contributed by atoms with Gasteiger partial charge in [-0.1, -0.05) is 0 Å². The average Bonchev–Trinajstić information content (AvgIpc) is 2.84. The summed E-state index contributed by atoms with van der Waals surface area (Å²) in [6, 6.07) is 6.86. The van der Waals surface area contributed by atoms with E-state index >= 15 is 0 Å². The van der Waals surface area contributed by atoms with Gasteiger partial charge in [0.2, 0.25) is 10.0 Å². The summed E-state index contributed by atoms with van der Waals surface area (Å²) in [5, 5.41) is 0. The Kier molecular flexibility index (Phi) is 5.11. The molecule has 2 rings (SSSR count). The van der Waals surface area contributed by atoms with E-state index in [1.54, 1.807) is 11.3 Å². The standard InChI is InChI=1S/C11H13BrN4O2S2/c12-10-3-1-8(19-10)5-6-15-20(17,18)9-2-4-11(16-13)14-7-9/h1-4,7,15H,5-6,13H2,(H,14,16). The smallest absolute Gasteiger partial charge is 0.242 e. The number of sulfonamides is 1. The van der Waals surface area contributed by atoms with Gasteiger partial charge < -0.3 is 5.43 Å². The molecule has 2 aromatic heterocycles. The summed E-state index contributed by atoms with van der Waals surface area (Å²) in [6.45, 7) is 0.339. The number of anilines is 1. The van der Waals surface area contributed by atoms with Gasteiger partial charge in [0.05, 0.1) is 3.79 Å². The Morgan fingerprint density at radius 1 is 1.30 bits per heavy atom. The molecule has 0 fully saturated rings. The van der Waals surface area contributed by atoms with Gasteiger partial charge in [-0.3, -0.25) is 0 Å². The summed E-state index contributed by atoms with van der Waals surface area (Å²) < 4.78 is 27.6. The Morgan fingerprint density at radius 2 is 2.10 bits per heavy atom. The number of hydrazine groups is 1. The van der Waals surface area contributed by atoms with Crippen LogP contribution in [0.2, 0.25) is 0 Å². The minimum absolute atomic E-state index is 0.115. The molecule has 0 saturated carbocycles. The molecule has 0 radical (unpaired) electrons. The molecule has 0 aliphatic rings. The molecule has 0 bridgehead atoms. The van der Waals surface area contributed by atoms with Crippen molar-refractivity contribution in [3.63, 3.8) is 0 Å². The van der Waals surface area contributed by atoms with Crippen LogP contribution in [-0.2, 0) is 16.4 Å². The van der Waals surface area contributed by atoms with E-state index in [1.807, 2.05) is 12.1 Å². The van der Waals surface area contributed by atoms with Gasteiger partial charge in [0, 0.05) is 17.6 Å². The molecule has 0 aliphatic heterocycles. The van der Waals surface area contributed by atoms with Crippen molar-refractivity contribution >= 4 is 43.1 Å². The van der Waals surface area contributed by atoms with Crippen molar-refractivity contribution in [2.75, 3.05) is 12.0 Å². The highest BCUT2D eigenvalue weighted by molar-refractivity contribution is 9.11. The first-order valence-electron chi connectivity index (χ1n) is 5.68. The van der Waals surface area contributed by atoms with E-state index in [1.165, 1.54) is 18.3 Å². The zero-order valence-electron chi connectivity index (χ0n) is 10.3. The fourth-order valence-corrected chi connectivity index (χ4v) is 3.96. The Labute approximate surface area is 129 Å². The molecule has 6 nitrogen and oxygen atoms in total. The van der Waals surface area contributed by atoms with E-state index in [4.69, 9.17) is 5.84 Å². The molecule has 2 aromatic rings. The lowest BCUT2D eigenvalue weighted by molar-refractivity contribution is 0.581. The van der Waals surface area contributed by atoms with Crippen LogP contribution in [0.15, 0.2) is 39.1 Å². The topological polar surface area (TPSA) is 97.1 Å². The second-order valence-electron chi connectivity index (χ2n) is 3.88. The van der Waals surface area contributed by atoms with Crippen LogP contribution >= 0.6 is 27.3 Å². The molecule has 0 aromatic carbocycles. The van der Waals surface area contributed by atoms with Crippen LogP contribution in [0.4, 0.5) is 5.82 Å². The number of hydrogen-bond donors (Lipinski definition) is 3. The molecule has 0 saturated heterocycles. The van der Waals surface area contributed by atoms with Crippen molar-refractivity contribution in [1.29, 1.82) is 0 Å². The maximum absolute atomic E-state index is 12.0. The molecule has 20 heavy (non-hydrogen) atoms. The van der Waals surface area contributed by atoms with Crippen LogP contribution in [0.5, 0.6) is 0 Å². The molecular formula is C11H13BrN4O2S2. The highest BCUT2D eigenvalue weighted by atomic mass is 79.9. The van der Waals surface area contributed by atoms with Crippen molar-refractivity contribution in [3.8, 4) is 0 Å². The number of rotatable bonds is 6. The van der Waals surface area contributed by atoms with E-state index in [9.17, 15) is 8.42 Å². The third-order valence-corrected chi connectivity index (χ3v) is 5.62. The summed E-state index contributed by atoms with van der Waals surface area (Å²) in [5.41, 5.74) is 2.34. The number of thiophene rings is 1. The van der Waals surface area contributed by atoms with E-state index in [-0.39, 0.29) is 4.90 Å². The van der Waals surface area contributed by atoms with Crippen molar-refractivity contribution < 1.29 is 8.42 Å². The number of nitrogens with one attached hydrogen (secondary N) is 2. The molecule has 108 valence electrons. The summed E-state index contributed by atoms with van der Waals surface area (Å²) in [6.07, 6.45) is 1.91. The number of aromatic nitrogens is 1. The van der Waals surface area contributed by atoms with Gasteiger partial charge in [0.1, 0.15) is 10.7 Å². The molecule has 0 atom stereocenters. The molecule has 0 amide bonds. The molecule has 0 unspecified atom stereocenters. The van der Waals surface area contributed by atoms with Gasteiger partial charge in [0.15, 0.2) is 0 Å². The first-order valence-corrected chi connectivity index (χ1v) is 8.77. The second kappa shape index (κ2) is 6.64. The lowest BCUT2D eigenvalue weighted by Crippen LogP contribution is -2.26. The molecular weight excluding hydrogens is 364 g/mol. The largest absolute Gasteiger partial charge is 0.308 e. The van der Waals surface area contributed by atoms with Crippen LogP contribution in [0.1, 0.15) is 4.88 Å². The van der Waals surface area contributed by atoms with Crippen LogP contribution in [0, 0.1) is 0 Å². The molecule has 9 heteroatoms. The number of halogens is 1. The minimum atomic E-state index is -3.54. The average molecular weight is 377 g/mol. The zero-order valence-corrected chi connectivity index (χ0v) is 13.6. The van der Waals surface area contributed by atoms with Gasteiger partial charge in [-0.05, 0) is 46.6 Å². The number of hydrogen-bond acceptors (Lipinski definition) is 6. The van der Waals surface area contributed by atoms with Gasteiger partial charge in [-0.25, -0.2) is 24.0 Å². The lowest BCUT2D eigenvalue weighted by Gasteiger charge is -2.06. The maximum Gasteiger partial charge on any atom is 0.242 e. The third kappa shape index (κ3) is 4.00. The summed E-state index contributed by atoms with van der Waals surface area (Å²) in [5.74, 6) is 5.58. The quantitative estimate of drug-likeness (QED) is 0.526. The number of nitrogen functional groups attached to an aromatic ring is 1. The number of nitrogens with two attached hydrogens (primary N) is 1. The number of nitrogens with zero attached hydrogens (tertiary/aromatic N) is 1. The Morgan fingerprint density at radius 3 is 2.65 bits per heavy atom. The summed E-state index contributed by atoms with van der Waals surface area (Å²) in [7, 11) is -3.54. The monoisotopic (exact) mass is 376 g/mol. The maximum atomic E-state index is 12.0. The van der Waals surface area contributed by atoms with Crippen LogP contribution in [-0.4, -0.2) is 19.9 Å². The predicted octanol–water partition coefficient (Wildman–Crippen LogP) is 1.71. The Bertz CT molecular complexity index is 670. The SMILES string of the molecule is NNc1ccc(S(=O)(=O)NCCc2ccc(Br)s2)cn1. The fraction of sp³-hybridized carbons (Fsp3) is 0.182. The molecule has 0 aliphatic carbocycles. The van der Waals surface area contributed by atoms with Crippen molar-refractivity contribution in [2.24, 2.45) is 5.84 Å².